The molecule has 6 nitrogen and oxygen atoms in total. The molecule has 23 heavy (non-hydrogen) atoms. The third kappa shape index (κ3) is 3.03. The fraction of sp³-hybridized carbons (Fsp3) is 0.429. The molecule has 0 atom stereocenters. The molecular formula is C14H14F3N5O. The lowest BCUT2D eigenvalue weighted by atomic mass is 10.1. The van der Waals surface area contributed by atoms with Crippen molar-refractivity contribution < 1.29 is 13.2 Å². The molecule has 9 heteroatoms. The van der Waals surface area contributed by atoms with Gasteiger partial charge in [0.1, 0.15) is 23.2 Å². The summed E-state index contributed by atoms with van der Waals surface area (Å²) in [6.45, 7) is 3.72. The Bertz CT molecular complexity index is 815. The summed E-state index contributed by atoms with van der Waals surface area (Å²) in [5, 5.41) is 0. The van der Waals surface area contributed by atoms with Crippen LogP contribution in [0.3, 0.4) is 0 Å². The van der Waals surface area contributed by atoms with Gasteiger partial charge in [-0.15, -0.1) is 0 Å². The van der Waals surface area contributed by atoms with Gasteiger partial charge >= 0.3 is 6.18 Å². The van der Waals surface area contributed by atoms with E-state index < -0.39 is 11.9 Å². The van der Waals surface area contributed by atoms with Crippen LogP contribution in [0.15, 0.2) is 10.9 Å². The van der Waals surface area contributed by atoms with Crippen LogP contribution >= 0.6 is 0 Å². The molecule has 2 aromatic rings. The maximum Gasteiger partial charge on any atom is 0.433 e. The molecule has 0 aliphatic carbocycles. The molecule has 1 aliphatic rings. The van der Waals surface area contributed by atoms with Crippen molar-refractivity contribution >= 4 is 5.82 Å². The molecular weight excluding hydrogens is 311 g/mol. The summed E-state index contributed by atoms with van der Waals surface area (Å²) in [7, 11) is 0. The number of halogens is 3. The van der Waals surface area contributed by atoms with Crippen molar-refractivity contribution in [3.8, 4) is 0 Å². The smallest absolute Gasteiger partial charge is 0.351 e. The van der Waals surface area contributed by atoms with Gasteiger partial charge in [-0.1, -0.05) is 0 Å². The Hall–Kier alpha value is -2.45. The van der Waals surface area contributed by atoms with E-state index in [0.29, 0.717) is 30.0 Å². The van der Waals surface area contributed by atoms with Crippen molar-refractivity contribution in [3.63, 3.8) is 0 Å². The number of hydrogen-bond acceptors (Lipinski definition) is 5. The molecule has 3 heterocycles. The molecule has 1 aliphatic heterocycles. The second-order valence-electron chi connectivity index (χ2n) is 5.40. The fourth-order valence-corrected chi connectivity index (χ4v) is 2.60. The monoisotopic (exact) mass is 325 g/mol. The molecule has 0 spiro atoms. The minimum absolute atomic E-state index is 0.0385. The number of hydrogen-bond donors (Lipinski definition) is 1. The van der Waals surface area contributed by atoms with Gasteiger partial charge in [0.05, 0.1) is 17.8 Å². The summed E-state index contributed by atoms with van der Waals surface area (Å²) in [6, 6.07) is 0.911. The molecule has 122 valence electrons. The predicted molar refractivity (Wildman–Crippen MR) is 76.1 cm³/mol. The quantitative estimate of drug-likeness (QED) is 0.865. The first-order valence-corrected chi connectivity index (χ1v) is 7.00. The van der Waals surface area contributed by atoms with Crippen molar-refractivity contribution in [2.24, 2.45) is 0 Å². The molecule has 1 N–H and O–H groups in total. The van der Waals surface area contributed by atoms with Crippen LogP contribution in [-0.4, -0.2) is 26.5 Å². The highest BCUT2D eigenvalue weighted by Crippen LogP contribution is 2.30. The van der Waals surface area contributed by atoms with Gasteiger partial charge in [0.15, 0.2) is 0 Å². The lowest BCUT2D eigenvalue weighted by molar-refractivity contribution is -0.141. The molecule has 2 aromatic heterocycles. The molecule has 0 unspecified atom stereocenters. The molecule has 0 saturated carbocycles. The number of aromatic amines is 1. The van der Waals surface area contributed by atoms with E-state index in [1.165, 1.54) is 6.92 Å². The summed E-state index contributed by atoms with van der Waals surface area (Å²) in [5.41, 5.74) is -0.100. The second-order valence-corrected chi connectivity index (χ2v) is 5.40. The molecule has 3 rings (SSSR count). The molecule has 0 fully saturated rings. The van der Waals surface area contributed by atoms with Gasteiger partial charge in [-0.2, -0.15) is 13.2 Å². The van der Waals surface area contributed by atoms with Gasteiger partial charge in [0, 0.05) is 19.0 Å². The highest BCUT2D eigenvalue weighted by atomic mass is 19.4. The van der Waals surface area contributed by atoms with Gasteiger partial charge in [0.2, 0.25) is 0 Å². The number of aromatic nitrogens is 4. The number of nitrogens with one attached hydrogen (secondary N) is 1. The molecule has 0 saturated heterocycles. The summed E-state index contributed by atoms with van der Waals surface area (Å²) in [5.74, 6) is 0.728. The maximum absolute atomic E-state index is 12.9. The van der Waals surface area contributed by atoms with Gasteiger partial charge in [0.25, 0.3) is 5.56 Å². The Morgan fingerprint density at radius 3 is 2.65 bits per heavy atom. The summed E-state index contributed by atoms with van der Waals surface area (Å²) < 4.78 is 38.7. The van der Waals surface area contributed by atoms with E-state index in [1.54, 1.807) is 11.8 Å². The SMILES string of the molecule is Cc1nc(N2CCc3nc(C)[nH]c(=O)c3C2)cc(C(F)(F)F)n1. The van der Waals surface area contributed by atoms with E-state index in [2.05, 4.69) is 19.9 Å². The van der Waals surface area contributed by atoms with E-state index in [-0.39, 0.29) is 23.7 Å². The molecule has 0 aromatic carbocycles. The number of anilines is 1. The van der Waals surface area contributed by atoms with Crippen LogP contribution in [0.1, 0.15) is 28.6 Å². The number of aryl methyl sites for hydroxylation is 2. The van der Waals surface area contributed by atoms with Crippen molar-refractivity contribution in [2.75, 3.05) is 11.4 Å². The number of H-pyrrole nitrogens is 1. The third-order valence-corrected chi connectivity index (χ3v) is 3.63. The minimum atomic E-state index is -4.54. The fourth-order valence-electron chi connectivity index (χ4n) is 2.60. The van der Waals surface area contributed by atoms with E-state index in [4.69, 9.17) is 0 Å². The molecule has 0 amide bonds. The lowest BCUT2D eigenvalue weighted by Crippen LogP contribution is -2.36. The lowest BCUT2D eigenvalue weighted by Gasteiger charge is -2.29. The van der Waals surface area contributed by atoms with Crippen LogP contribution in [0.2, 0.25) is 0 Å². The van der Waals surface area contributed by atoms with E-state index in [9.17, 15) is 18.0 Å². The zero-order valence-electron chi connectivity index (χ0n) is 12.5. The first-order chi connectivity index (χ1) is 10.7. The Kier molecular flexibility index (Phi) is 3.57. The molecule has 0 bridgehead atoms. The van der Waals surface area contributed by atoms with Crippen LogP contribution in [0.4, 0.5) is 19.0 Å². The predicted octanol–water partition coefficient (Wildman–Crippen LogP) is 1.76. The van der Waals surface area contributed by atoms with E-state index >= 15 is 0 Å². The number of rotatable bonds is 1. The zero-order valence-corrected chi connectivity index (χ0v) is 12.5. The average molecular weight is 325 g/mol. The molecule has 0 radical (unpaired) electrons. The Balaban J connectivity index is 1.98. The van der Waals surface area contributed by atoms with Crippen molar-refractivity contribution in [3.05, 3.63) is 45.0 Å². The Labute approximate surface area is 129 Å². The van der Waals surface area contributed by atoms with Gasteiger partial charge in [-0.3, -0.25) is 4.79 Å². The zero-order chi connectivity index (χ0) is 16.8. The van der Waals surface area contributed by atoms with Gasteiger partial charge in [-0.25, -0.2) is 15.0 Å². The largest absolute Gasteiger partial charge is 0.433 e. The van der Waals surface area contributed by atoms with E-state index in [0.717, 1.165) is 6.07 Å². The first-order valence-electron chi connectivity index (χ1n) is 7.00. The highest BCUT2D eigenvalue weighted by Gasteiger charge is 2.34. The number of alkyl halides is 3. The summed E-state index contributed by atoms with van der Waals surface area (Å²) in [6.07, 6.45) is -4.06. The van der Waals surface area contributed by atoms with Crippen LogP contribution < -0.4 is 10.5 Å². The Morgan fingerprint density at radius 2 is 1.96 bits per heavy atom. The van der Waals surface area contributed by atoms with Gasteiger partial charge < -0.3 is 9.88 Å². The van der Waals surface area contributed by atoms with Crippen molar-refractivity contribution in [1.29, 1.82) is 0 Å². The highest BCUT2D eigenvalue weighted by molar-refractivity contribution is 5.44. The summed E-state index contributed by atoms with van der Waals surface area (Å²) >= 11 is 0. The Morgan fingerprint density at radius 1 is 1.22 bits per heavy atom. The number of fused-ring (bicyclic) bond motifs is 1. The third-order valence-electron chi connectivity index (χ3n) is 3.63. The standard InChI is InChI=1S/C14H14F3N5O/c1-7-18-10-3-4-22(6-9(10)13(23)21-7)12-5-11(14(15,16)17)19-8(2)20-12/h5H,3-4,6H2,1-2H3,(H,18,21,23). The first kappa shape index (κ1) is 15.4. The second kappa shape index (κ2) is 5.32. The van der Waals surface area contributed by atoms with Crippen LogP contribution in [0.5, 0.6) is 0 Å². The van der Waals surface area contributed by atoms with Crippen molar-refractivity contribution in [2.45, 2.75) is 33.0 Å². The van der Waals surface area contributed by atoms with Gasteiger partial charge in [-0.05, 0) is 13.8 Å². The maximum atomic E-state index is 12.9. The average Bonchev–Trinajstić information content (AvgIpc) is 2.45. The topological polar surface area (TPSA) is 74.8 Å². The van der Waals surface area contributed by atoms with Crippen LogP contribution in [0, 0.1) is 13.8 Å². The number of nitrogens with zero attached hydrogens (tertiary/aromatic N) is 4. The van der Waals surface area contributed by atoms with Crippen molar-refractivity contribution in [1.82, 2.24) is 19.9 Å². The summed E-state index contributed by atoms with van der Waals surface area (Å²) in [4.78, 5) is 28.1. The van der Waals surface area contributed by atoms with Crippen LogP contribution in [0.25, 0.3) is 0 Å². The van der Waals surface area contributed by atoms with E-state index in [1.807, 2.05) is 0 Å². The normalized spacial score (nSPS) is 14.7. The van der Waals surface area contributed by atoms with Crippen LogP contribution in [-0.2, 0) is 19.1 Å². The minimum Gasteiger partial charge on any atom is -0.351 e.